The van der Waals surface area contributed by atoms with Crippen molar-refractivity contribution in [3.05, 3.63) is 41.2 Å². The van der Waals surface area contributed by atoms with Crippen molar-refractivity contribution in [2.45, 2.75) is 13.3 Å². The zero-order valence-electron chi connectivity index (χ0n) is 10.0. The molecule has 1 aromatic carbocycles. The summed E-state index contributed by atoms with van der Waals surface area (Å²) in [5.74, 6) is 0.789. The van der Waals surface area contributed by atoms with Gasteiger partial charge in [-0.1, -0.05) is 11.6 Å². The second-order valence-electron chi connectivity index (χ2n) is 4.00. The number of carbonyl (C=O) groups is 1. The second-order valence-corrected chi connectivity index (χ2v) is 4.43. The van der Waals surface area contributed by atoms with Crippen molar-refractivity contribution in [3.8, 4) is 11.4 Å². The number of nitrogens with one attached hydrogen (secondary N) is 2. The quantitative estimate of drug-likeness (QED) is 0.890. The molecule has 0 saturated heterocycles. The molecule has 0 radical (unpaired) electrons. The number of aromatic nitrogens is 2. The molecule has 0 saturated carbocycles. The van der Waals surface area contributed by atoms with E-state index >= 15 is 0 Å². The molecule has 0 aliphatic heterocycles. The van der Waals surface area contributed by atoms with Crippen molar-refractivity contribution in [2.24, 2.45) is 0 Å². The zero-order valence-corrected chi connectivity index (χ0v) is 10.8. The van der Waals surface area contributed by atoms with Crippen LogP contribution in [0.4, 0.5) is 0 Å². The Labute approximate surface area is 110 Å². The van der Waals surface area contributed by atoms with Gasteiger partial charge in [0.25, 0.3) is 0 Å². The maximum atomic E-state index is 10.7. The monoisotopic (exact) mass is 263 g/mol. The standard InChI is InChI=1S/C13H14ClN3O/c1-9(18)15-7-6-12-8-16-13(17-12)10-2-4-11(14)5-3-10/h2-5,8H,6-7H2,1H3,(H,15,18)(H,16,17). The molecule has 0 bridgehead atoms. The summed E-state index contributed by atoms with van der Waals surface area (Å²) >= 11 is 5.83. The average molecular weight is 264 g/mol. The molecular weight excluding hydrogens is 250 g/mol. The van der Waals surface area contributed by atoms with Crippen LogP contribution >= 0.6 is 11.6 Å². The fourth-order valence-corrected chi connectivity index (χ4v) is 1.74. The lowest BCUT2D eigenvalue weighted by Crippen LogP contribution is -2.22. The number of H-pyrrole nitrogens is 1. The smallest absolute Gasteiger partial charge is 0.216 e. The number of imidazole rings is 1. The number of halogens is 1. The second kappa shape index (κ2) is 5.69. The highest BCUT2D eigenvalue weighted by molar-refractivity contribution is 6.30. The van der Waals surface area contributed by atoms with Crippen LogP contribution in [-0.2, 0) is 11.2 Å². The highest BCUT2D eigenvalue weighted by Gasteiger charge is 2.03. The van der Waals surface area contributed by atoms with Crippen LogP contribution in [0.3, 0.4) is 0 Å². The summed E-state index contributed by atoms with van der Waals surface area (Å²) < 4.78 is 0. The maximum absolute atomic E-state index is 10.7. The lowest BCUT2D eigenvalue weighted by Gasteiger charge is -1.99. The van der Waals surface area contributed by atoms with Gasteiger partial charge in [0.2, 0.25) is 5.91 Å². The van der Waals surface area contributed by atoms with Gasteiger partial charge in [-0.25, -0.2) is 4.98 Å². The SMILES string of the molecule is CC(=O)NCCc1cnc(-c2ccc(Cl)cc2)[nH]1. The molecule has 0 aliphatic carbocycles. The Hall–Kier alpha value is -1.81. The Morgan fingerprint density at radius 3 is 2.78 bits per heavy atom. The van der Waals surface area contributed by atoms with E-state index in [1.54, 1.807) is 6.20 Å². The molecule has 0 fully saturated rings. The van der Waals surface area contributed by atoms with E-state index in [1.807, 2.05) is 24.3 Å². The van der Waals surface area contributed by atoms with Crippen LogP contribution in [0, 0.1) is 0 Å². The number of aromatic amines is 1. The number of hydrogen-bond donors (Lipinski definition) is 2. The minimum Gasteiger partial charge on any atom is -0.356 e. The Kier molecular flexibility index (Phi) is 3.99. The third-order valence-corrected chi connectivity index (χ3v) is 2.77. The van der Waals surface area contributed by atoms with E-state index in [0.29, 0.717) is 11.6 Å². The first-order valence-corrected chi connectivity index (χ1v) is 6.07. The molecule has 94 valence electrons. The van der Waals surface area contributed by atoms with Gasteiger partial charge in [0.15, 0.2) is 0 Å². The fraction of sp³-hybridized carbons (Fsp3) is 0.231. The summed E-state index contributed by atoms with van der Waals surface area (Å²) in [6, 6.07) is 7.49. The molecule has 4 nitrogen and oxygen atoms in total. The van der Waals surface area contributed by atoms with Gasteiger partial charge < -0.3 is 10.3 Å². The van der Waals surface area contributed by atoms with Crippen LogP contribution in [0.2, 0.25) is 5.02 Å². The van der Waals surface area contributed by atoms with Crippen molar-refractivity contribution in [1.29, 1.82) is 0 Å². The molecule has 1 aromatic heterocycles. The molecule has 2 rings (SSSR count). The van der Waals surface area contributed by atoms with Gasteiger partial charge in [-0.2, -0.15) is 0 Å². The van der Waals surface area contributed by atoms with Crippen molar-refractivity contribution >= 4 is 17.5 Å². The van der Waals surface area contributed by atoms with E-state index in [1.165, 1.54) is 6.92 Å². The van der Waals surface area contributed by atoms with Gasteiger partial charge >= 0.3 is 0 Å². The molecule has 1 amide bonds. The van der Waals surface area contributed by atoms with Crippen molar-refractivity contribution in [2.75, 3.05) is 6.54 Å². The number of rotatable bonds is 4. The minimum absolute atomic E-state index is 0.0209. The van der Waals surface area contributed by atoms with Crippen LogP contribution in [0.15, 0.2) is 30.5 Å². The van der Waals surface area contributed by atoms with Gasteiger partial charge in [0.1, 0.15) is 5.82 Å². The Morgan fingerprint density at radius 2 is 2.11 bits per heavy atom. The first kappa shape index (κ1) is 12.6. The van der Waals surface area contributed by atoms with E-state index in [2.05, 4.69) is 15.3 Å². The summed E-state index contributed by atoms with van der Waals surface area (Å²) in [5.41, 5.74) is 1.99. The van der Waals surface area contributed by atoms with Crippen LogP contribution in [0.25, 0.3) is 11.4 Å². The number of benzene rings is 1. The van der Waals surface area contributed by atoms with Gasteiger partial charge in [0, 0.05) is 42.4 Å². The lowest BCUT2D eigenvalue weighted by atomic mass is 10.2. The highest BCUT2D eigenvalue weighted by atomic mass is 35.5. The molecule has 0 aliphatic rings. The Balaban J connectivity index is 2.01. The molecule has 5 heteroatoms. The predicted octanol–water partition coefficient (Wildman–Crippen LogP) is 2.41. The number of nitrogens with zero attached hydrogens (tertiary/aromatic N) is 1. The number of amides is 1. The van der Waals surface area contributed by atoms with Crippen LogP contribution in [-0.4, -0.2) is 22.4 Å². The van der Waals surface area contributed by atoms with Crippen LogP contribution in [0.5, 0.6) is 0 Å². The molecule has 2 N–H and O–H groups in total. The third-order valence-electron chi connectivity index (χ3n) is 2.51. The lowest BCUT2D eigenvalue weighted by molar-refractivity contribution is -0.118. The molecule has 1 heterocycles. The van der Waals surface area contributed by atoms with Crippen molar-refractivity contribution in [3.63, 3.8) is 0 Å². The minimum atomic E-state index is -0.0209. The maximum Gasteiger partial charge on any atom is 0.216 e. The fourth-order valence-electron chi connectivity index (χ4n) is 1.61. The molecule has 0 spiro atoms. The molecule has 0 atom stereocenters. The van der Waals surface area contributed by atoms with E-state index in [4.69, 9.17) is 11.6 Å². The largest absolute Gasteiger partial charge is 0.356 e. The van der Waals surface area contributed by atoms with Crippen molar-refractivity contribution in [1.82, 2.24) is 15.3 Å². The molecular formula is C13H14ClN3O. The van der Waals surface area contributed by atoms with Gasteiger partial charge in [-0.3, -0.25) is 4.79 Å². The van der Waals surface area contributed by atoms with E-state index in [9.17, 15) is 4.79 Å². The first-order chi connectivity index (χ1) is 8.65. The summed E-state index contributed by atoms with van der Waals surface area (Å²) in [7, 11) is 0. The zero-order chi connectivity index (χ0) is 13.0. The topological polar surface area (TPSA) is 57.8 Å². The summed E-state index contributed by atoms with van der Waals surface area (Å²) in [4.78, 5) is 18.3. The summed E-state index contributed by atoms with van der Waals surface area (Å²) in [6.45, 7) is 2.11. The van der Waals surface area contributed by atoms with E-state index in [-0.39, 0.29) is 5.91 Å². The van der Waals surface area contributed by atoms with Gasteiger partial charge in [-0.05, 0) is 24.3 Å². The third kappa shape index (κ3) is 3.34. The average Bonchev–Trinajstić information content (AvgIpc) is 2.78. The summed E-state index contributed by atoms with van der Waals surface area (Å²) in [5, 5.41) is 3.45. The van der Waals surface area contributed by atoms with Crippen LogP contribution < -0.4 is 5.32 Å². The predicted molar refractivity (Wildman–Crippen MR) is 71.4 cm³/mol. The van der Waals surface area contributed by atoms with Gasteiger partial charge in [-0.15, -0.1) is 0 Å². The molecule has 0 unspecified atom stereocenters. The highest BCUT2D eigenvalue weighted by Crippen LogP contribution is 2.18. The van der Waals surface area contributed by atoms with Crippen LogP contribution in [0.1, 0.15) is 12.6 Å². The molecule has 2 aromatic rings. The number of carbonyl (C=O) groups excluding carboxylic acids is 1. The normalized spacial score (nSPS) is 10.3. The van der Waals surface area contributed by atoms with Gasteiger partial charge in [0.05, 0.1) is 0 Å². The number of hydrogen-bond acceptors (Lipinski definition) is 2. The first-order valence-electron chi connectivity index (χ1n) is 5.69. The summed E-state index contributed by atoms with van der Waals surface area (Å²) in [6.07, 6.45) is 2.52. The van der Waals surface area contributed by atoms with Crippen molar-refractivity contribution < 1.29 is 4.79 Å². The van der Waals surface area contributed by atoms with E-state index in [0.717, 1.165) is 23.5 Å². The van der Waals surface area contributed by atoms with E-state index < -0.39 is 0 Å². The Bertz CT molecular complexity index is 533. The Morgan fingerprint density at radius 1 is 1.39 bits per heavy atom. The molecule has 18 heavy (non-hydrogen) atoms.